The van der Waals surface area contributed by atoms with E-state index in [-0.39, 0.29) is 33.9 Å². The van der Waals surface area contributed by atoms with Crippen molar-refractivity contribution in [1.82, 2.24) is 14.6 Å². The van der Waals surface area contributed by atoms with Crippen molar-refractivity contribution < 1.29 is 22.4 Å². The maximum atomic E-state index is 13.1. The Morgan fingerprint density at radius 3 is 2.50 bits per heavy atom. The van der Waals surface area contributed by atoms with Crippen LogP contribution in [0, 0.1) is 0 Å². The number of hydrogen-bond donors (Lipinski definition) is 1. The molecule has 8 nitrogen and oxygen atoms in total. The first-order chi connectivity index (χ1) is 16.2. The lowest BCUT2D eigenvalue weighted by atomic mass is 10.1. The number of carbonyl (C=O) groups is 1. The number of nitrogens with one attached hydrogen (secondary N) is 1. The average Bonchev–Trinajstić information content (AvgIpc) is 3.35. The highest BCUT2D eigenvalue weighted by Gasteiger charge is 2.31. The van der Waals surface area contributed by atoms with E-state index in [0.717, 1.165) is 11.8 Å². The standard InChI is InChI=1S/C21H15Cl2N3O5S3/c22-15-6-11(7-16(23)19(15)34(28,29)26-1-3-30-4-2-26)14-10-24-9-12-5-13(31-18(12)14)8-17-20(27)25-21(32)33-17/h5-10H,1-4H2,(H,25,27,32)/b17-8-. The Kier molecular flexibility index (Phi) is 6.44. The van der Waals surface area contributed by atoms with Crippen molar-refractivity contribution in [3.8, 4) is 11.1 Å². The highest BCUT2D eigenvalue weighted by molar-refractivity contribution is 8.26. The lowest BCUT2D eigenvalue weighted by Crippen LogP contribution is -2.40. The Morgan fingerprint density at radius 1 is 1.15 bits per heavy atom. The van der Waals surface area contributed by atoms with E-state index < -0.39 is 10.0 Å². The van der Waals surface area contributed by atoms with Crippen LogP contribution in [0.4, 0.5) is 0 Å². The molecule has 1 amide bonds. The molecule has 13 heteroatoms. The highest BCUT2D eigenvalue weighted by atomic mass is 35.5. The molecule has 0 unspecified atom stereocenters. The Labute approximate surface area is 214 Å². The fourth-order valence-corrected chi connectivity index (χ4v) is 7.28. The SMILES string of the molecule is O=C1NC(=S)S/C1=C\c1cc2cncc(-c3cc(Cl)c(S(=O)(=O)N4CCOCC4)c(Cl)c3)c2o1. The highest BCUT2D eigenvalue weighted by Crippen LogP contribution is 2.39. The van der Waals surface area contributed by atoms with Gasteiger partial charge < -0.3 is 14.5 Å². The summed E-state index contributed by atoms with van der Waals surface area (Å²) in [5.74, 6) is 0.153. The number of nitrogens with zero attached hydrogens (tertiary/aromatic N) is 2. The van der Waals surface area contributed by atoms with Crippen LogP contribution in [0.5, 0.6) is 0 Å². The third-order valence-corrected chi connectivity index (χ3v) is 9.22. The van der Waals surface area contributed by atoms with E-state index in [0.29, 0.717) is 50.3 Å². The van der Waals surface area contributed by atoms with E-state index >= 15 is 0 Å². The van der Waals surface area contributed by atoms with Gasteiger partial charge in [0, 0.05) is 42.5 Å². The lowest BCUT2D eigenvalue weighted by molar-refractivity contribution is -0.115. The van der Waals surface area contributed by atoms with E-state index in [9.17, 15) is 13.2 Å². The van der Waals surface area contributed by atoms with Crippen LogP contribution < -0.4 is 5.32 Å². The fourth-order valence-electron chi connectivity index (χ4n) is 3.69. The monoisotopic (exact) mass is 555 g/mol. The number of thiocarbonyl (C=S) groups is 1. The maximum Gasteiger partial charge on any atom is 0.263 e. The van der Waals surface area contributed by atoms with E-state index in [1.54, 1.807) is 24.5 Å². The van der Waals surface area contributed by atoms with Crippen LogP contribution >= 0.6 is 47.2 Å². The molecular formula is C21H15Cl2N3O5S3. The van der Waals surface area contributed by atoms with Gasteiger partial charge in [-0.2, -0.15) is 4.31 Å². The molecule has 2 saturated heterocycles. The number of rotatable bonds is 4. The topological polar surface area (TPSA) is 102 Å². The van der Waals surface area contributed by atoms with Crippen LogP contribution in [0.25, 0.3) is 28.2 Å². The first-order valence-electron chi connectivity index (χ1n) is 9.94. The summed E-state index contributed by atoms with van der Waals surface area (Å²) in [5.41, 5.74) is 1.60. The van der Waals surface area contributed by atoms with Gasteiger partial charge in [0.15, 0.2) is 0 Å². The lowest BCUT2D eigenvalue weighted by Gasteiger charge is -2.27. The number of hydrogen-bond acceptors (Lipinski definition) is 8. The second-order valence-electron chi connectivity index (χ2n) is 7.39. The van der Waals surface area contributed by atoms with Gasteiger partial charge in [-0.3, -0.25) is 9.78 Å². The van der Waals surface area contributed by atoms with Crippen LogP contribution in [0.2, 0.25) is 10.0 Å². The van der Waals surface area contributed by atoms with Crippen LogP contribution in [0.1, 0.15) is 5.76 Å². The maximum absolute atomic E-state index is 13.1. The number of amides is 1. The molecule has 0 aliphatic carbocycles. The first kappa shape index (κ1) is 23.7. The molecule has 0 spiro atoms. The molecule has 0 radical (unpaired) electrons. The number of fused-ring (bicyclic) bond motifs is 1. The summed E-state index contributed by atoms with van der Waals surface area (Å²) in [4.78, 5) is 16.5. The molecule has 34 heavy (non-hydrogen) atoms. The Hall–Kier alpha value is -1.99. The van der Waals surface area contributed by atoms with Crippen LogP contribution in [0.3, 0.4) is 0 Å². The summed E-state index contributed by atoms with van der Waals surface area (Å²) in [5, 5.41) is 3.23. The summed E-state index contributed by atoms with van der Waals surface area (Å²) in [6.07, 6.45) is 4.80. The molecule has 5 rings (SSSR count). The Bertz CT molecular complexity index is 1460. The molecule has 2 fully saturated rings. The number of carbonyl (C=O) groups excluding carboxylic acids is 1. The van der Waals surface area contributed by atoms with Crippen molar-refractivity contribution in [1.29, 1.82) is 0 Å². The third kappa shape index (κ3) is 4.37. The molecule has 0 atom stereocenters. The third-order valence-electron chi connectivity index (χ3n) is 5.23. The predicted octanol–water partition coefficient (Wildman–Crippen LogP) is 4.31. The molecule has 0 saturated carbocycles. The molecular weight excluding hydrogens is 541 g/mol. The molecule has 1 N–H and O–H groups in total. The Balaban J connectivity index is 1.55. The van der Waals surface area contributed by atoms with Crippen LogP contribution in [0.15, 0.2) is 44.8 Å². The molecule has 3 aromatic rings. The van der Waals surface area contributed by atoms with Gasteiger partial charge in [0.05, 0.1) is 28.2 Å². The van der Waals surface area contributed by atoms with Crippen LogP contribution in [-0.2, 0) is 19.6 Å². The van der Waals surface area contributed by atoms with Gasteiger partial charge in [0.1, 0.15) is 20.6 Å². The van der Waals surface area contributed by atoms with Crippen molar-refractivity contribution in [2.45, 2.75) is 4.90 Å². The van der Waals surface area contributed by atoms with Gasteiger partial charge in [-0.05, 0) is 23.8 Å². The number of pyridine rings is 1. The van der Waals surface area contributed by atoms with Crippen molar-refractivity contribution in [2.24, 2.45) is 0 Å². The minimum absolute atomic E-state index is 0.00701. The minimum Gasteiger partial charge on any atom is -0.456 e. The predicted molar refractivity (Wildman–Crippen MR) is 135 cm³/mol. The van der Waals surface area contributed by atoms with E-state index in [1.807, 2.05) is 0 Å². The summed E-state index contributed by atoms with van der Waals surface area (Å²) in [7, 11) is -3.89. The summed E-state index contributed by atoms with van der Waals surface area (Å²) in [6, 6.07) is 4.79. The zero-order chi connectivity index (χ0) is 24.0. The average molecular weight is 556 g/mol. The first-order valence-corrected chi connectivity index (χ1v) is 13.4. The molecule has 2 aliphatic rings. The summed E-state index contributed by atoms with van der Waals surface area (Å²) in [6.45, 7) is 1.07. The number of benzene rings is 1. The second-order valence-corrected chi connectivity index (χ2v) is 11.8. The van der Waals surface area contributed by atoms with Gasteiger partial charge >= 0.3 is 0 Å². The van der Waals surface area contributed by atoms with Crippen molar-refractivity contribution >= 4 is 84.5 Å². The Morgan fingerprint density at radius 2 is 1.85 bits per heavy atom. The fraction of sp³-hybridized carbons (Fsp3) is 0.190. The normalized spacial score (nSPS) is 18.7. The molecule has 2 aliphatic heterocycles. The summed E-state index contributed by atoms with van der Waals surface area (Å²) < 4.78 is 39.2. The van der Waals surface area contributed by atoms with Gasteiger partial charge in [-0.15, -0.1) is 0 Å². The number of morpholine rings is 1. The molecule has 2 aromatic heterocycles. The van der Waals surface area contributed by atoms with Crippen molar-refractivity contribution in [3.05, 3.63) is 51.3 Å². The second kappa shape index (κ2) is 9.23. The summed E-state index contributed by atoms with van der Waals surface area (Å²) >= 11 is 19.1. The molecule has 176 valence electrons. The van der Waals surface area contributed by atoms with E-state index in [4.69, 9.17) is 44.6 Å². The number of halogens is 2. The number of sulfonamides is 1. The number of aromatic nitrogens is 1. The largest absolute Gasteiger partial charge is 0.456 e. The molecule has 1 aromatic carbocycles. The van der Waals surface area contributed by atoms with Crippen molar-refractivity contribution in [2.75, 3.05) is 26.3 Å². The van der Waals surface area contributed by atoms with Gasteiger partial charge in [0.25, 0.3) is 5.91 Å². The van der Waals surface area contributed by atoms with Gasteiger partial charge in [0.2, 0.25) is 10.0 Å². The zero-order valence-corrected chi connectivity index (χ0v) is 21.2. The number of furan rings is 1. The number of ether oxygens (including phenoxy) is 1. The minimum atomic E-state index is -3.89. The van der Waals surface area contributed by atoms with Crippen molar-refractivity contribution in [3.63, 3.8) is 0 Å². The molecule has 4 heterocycles. The van der Waals surface area contributed by atoms with Gasteiger partial charge in [-0.25, -0.2) is 8.42 Å². The van der Waals surface area contributed by atoms with Gasteiger partial charge in [-0.1, -0.05) is 47.2 Å². The van der Waals surface area contributed by atoms with E-state index in [2.05, 4.69) is 10.3 Å². The molecule has 0 bridgehead atoms. The zero-order valence-electron chi connectivity index (χ0n) is 17.2. The van der Waals surface area contributed by atoms with Crippen LogP contribution in [-0.4, -0.2) is 54.2 Å². The smallest absolute Gasteiger partial charge is 0.263 e. The van der Waals surface area contributed by atoms with E-state index in [1.165, 1.54) is 16.4 Å². The quantitative estimate of drug-likeness (QED) is 0.375. The number of thioether (sulfide) groups is 1.